The summed E-state index contributed by atoms with van der Waals surface area (Å²) in [5.41, 5.74) is -1.71. The van der Waals surface area contributed by atoms with Gasteiger partial charge in [-0.05, 0) is 30.9 Å². The van der Waals surface area contributed by atoms with E-state index in [2.05, 4.69) is 20.1 Å². The topological polar surface area (TPSA) is 56.5 Å². The molecule has 0 bridgehead atoms. The number of halogens is 6. The van der Waals surface area contributed by atoms with E-state index in [1.165, 1.54) is 6.92 Å². The van der Waals surface area contributed by atoms with Crippen LogP contribution < -0.4 is 0 Å². The molecule has 3 rings (SSSR count). The summed E-state index contributed by atoms with van der Waals surface area (Å²) in [5.74, 6) is 0.560. The molecule has 5 nitrogen and oxygen atoms in total. The van der Waals surface area contributed by atoms with Crippen molar-refractivity contribution in [2.24, 2.45) is 0 Å². The predicted molar refractivity (Wildman–Crippen MR) is 93.5 cm³/mol. The van der Waals surface area contributed by atoms with Crippen molar-refractivity contribution < 1.29 is 26.3 Å². The molecule has 12 heteroatoms. The van der Waals surface area contributed by atoms with E-state index in [4.69, 9.17) is 0 Å². The van der Waals surface area contributed by atoms with E-state index in [9.17, 15) is 26.3 Å². The van der Waals surface area contributed by atoms with Crippen molar-refractivity contribution in [3.63, 3.8) is 0 Å². The number of alkyl halides is 6. The van der Waals surface area contributed by atoms with Crippen molar-refractivity contribution in [1.82, 2.24) is 24.7 Å². The number of aromatic nitrogens is 5. The van der Waals surface area contributed by atoms with Crippen LogP contribution in [0.5, 0.6) is 0 Å². The first-order valence-electron chi connectivity index (χ1n) is 8.18. The smallest absolute Gasteiger partial charge is 0.251 e. The maximum Gasteiger partial charge on any atom is 0.417 e. The third-order valence-electron chi connectivity index (χ3n) is 3.75. The molecule has 3 aromatic heterocycles. The Labute approximate surface area is 165 Å². The summed E-state index contributed by atoms with van der Waals surface area (Å²) < 4.78 is 78.9. The van der Waals surface area contributed by atoms with Gasteiger partial charge in [0.2, 0.25) is 5.82 Å². The second kappa shape index (κ2) is 7.65. The predicted octanol–water partition coefficient (Wildman–Crippen LogP) is 5.18. The molecular weight excluding hydrogens is 420 g/mol. The highest BCUT2D eigenvalue weighted by Crippen LogP contribution is 2.35. The van der Waals surface area contributed by atoms with Crippen molar-refractivity contribution in [2.45, 2.75) is 31.1 Å². The first-order valence-corrected chi connectivity index (χ1v) is 9.17. The molecule has 3 aromatic rings. The van der Waals surface area contributed by atoms with Gasteiger partial charge in [-0.2, -0.15) is 31.0 Å². The first kappa shape index (κ1) is 21.1. The largest absolute Gasteiger partial charge is 0.417 e. The molecule has 0 spiro atoms. The number of aryl methyl sites for hydroxylation is 1. The molecule has 0 saturated heterocycles. The van der Waals surface area contributed by atoms with Crippen molar-refractivity contribution in [2.75, 3.05) is 5.75 Å². The van der Waals surface area contributed by atoms with Crippen LogP contribution in [0.4, 0.5) is 26.3 Å². The molecule has 0 aromatic carbocycles. The lowest BCUT2D eigenvalue weighted by molar-refractivity contribution is -0.138. The minimum Gasteiger partial charge on any atom is -0.251 e. The molecule has 0 N–H and O–H groups in total. The van der Waals surface area contributed by atoms with Crippen molar-refractivity contribution in [1.29, 1.82) is 0 Å². The Bertz CT molecular complexity index is 1030. The number of thioether (sulfide) groups is 1. The Kier molecular flexibility index (Phi) is 5.57. The van der Waals surface area contributed by atoms with Gasteiger partial charge in [-0.1, -0.05) is 6.92 Å². The van der Waals surface area contributed by atoms with Crippen LogP contribution in [0.15, 0.2) is 35.5 Å². The van der Waals surface area contributed by atoms with Crippen LogP contribution in [-0.4, -0.2) is 30.5 Å². The van der Waals surface area contributed by atoms with Crippen LogP contribution in [0.3, 0.4) is 0 Å². The third-order valence-corrected chi connectivity index (χ3v) is 4.66. The molecule has 0 atom stereocenters. The number of rotatable bonds is 4. The molecule has 0 radical (unpaired) electrons. The average molecular weight is 433 g/mol. The Hall–Kier alpha value is -2.63. The van der Waals surface area contributed by atoms with Gasteiger partial charge < -0.3 is 0 Å². The van der Waals surface area contributed by atoms with E-state index in [-0.39, 0.29) is 28.1 Å². The van der Waals surface area contributed by atoms with Gasteiger partial charge in [0.05, 0.1) is 11.1 Å². The van der Waals surface area contributed by atoms with E-state index in [1.807, 2.05) is 0 Å². The van der Waals surface area contributed by atoms with Crippen molar-refractivity contribution in [3.05, 3.63) is 47.5 Å². The highest BCUT2D eigenvalue weighted by Gasteiger charge is 2.33. The quantitative estimate of drug-likeness (QED) is 0.419. The van der Waals surface area contributed by atoms with Crippen molar-refractivity contribution in [3.8, 4) is 17.3 Å². The van der Waals surface area contributed by atoms with Gasteiger partial charge in [-0.15, -0.1) is 16.9 Å². The van der Waals surface area contributed by atoms with E-state index in [0.717, 1.165) is 40.8 Å². The molecule has 0 unspecified atom stereocenters. The van der Waals surface area contributed by atoms with Crippen LogP contribution in [0.2, 0.25) is 0 Å². The summed E-state index contributed by atoms with van der Waals surface area (Å²) in [6.45, 7) is 3.26. The van der Waals surface area contributed by atoms with Crippen LogP contribution >= 0.6 is 11.8 Å². The Morgan fingerprint density at radius 1 is 1.00 bits per heavy atom. The van der Waals surface area contributed by atoms with E-state index >= 15 is 0 Å². The standard InChI is InChI=1S/C17H13F6N5S/c1-3-29-12-6-11(17(21,22)23)8-25-14(12)15-26-9(2)28(27-15)13-7-10(4-5-24-13)16(18,19)20/h4-8H,3H2,1-2H3. The highest BCUT2D eigenvalue weighted by molar-refractivity contribution is 7.99. The minimum absolute atomic E-state index is 0.00798. The average Bonchev–Trinajstić information content (AvgIpc) is 3.02. The number of hydrogen-bond acceptors (Lipinski definition) is 5. The molecule has 0 saturated carbocycles. The summed E-state index contributed by atoms with van der Waals surface area (Å²) in [5, 5.41) is 4.13. The second-order valence-corrected chi connectivity index (χ2v) is 7.10. The van der Waals surface area contributed by atoms with Gasteiger partial charge in [0, 0.05) is 17.3 Å². The summed E-state index contributed by atoms with van der Waals surface area (Å²) in [6, 6.07) is 2.59. The first-order chi connectivity index (χ1) is 13.5. The van der Waals surface area contributed by atoms with Crippen LogP contribution in [0, 0.1) is 6.92 Å². The Morgan fingerprint density at radius 3 is 2.31 bits per heavy atom. The lowest BCUT2D eigenvalue weighted by Crippen LogP contribution is -2.09. The van der Waals surface area contributed by atoms with Gasteiger partial charge >= 0.3 is 12.4 Å². The molecule has 3 heterocycles. The number of pyridine rings is 2. The Balaban J connectivity index is 2.07. The number of nitrogens with zero attached hydrogens (tertiary/aromatic N) is 5. The third kappa shape index (κ3) is 4.52. The van der Waals surface area contributed by atoms with Gasteiger partial charge in [0.15, 0.2) is 5.82 Å². The fourth-order valence-corrected chi connectivity index (χ4v) is 3.25. The zero-order chi connectivity index (χ0) is 21.4. The molecule has 0 aliphatic carbocycles. The lowest BCUT2D eigenvalue weighted by Gasteiger charge is -2.10. The van der Waals surface area contributed by atoms with Gasteiger partial charge in [0.1, 0.15) is 11.5 Å². The molecule has 154 valence electrons. The van der Waals surface area contributed by atoms with Crippen LogP contribution in [0.25, 0.3) is 17.3 Å². The highest BCUT2D eigenvalue weighted by atomic mass is 32.2. The summed E-state index contributed by atoms with van der Waals surface area (Å²) in [4.78, 5) is 12.1. The summed E-state index contributed by atoms with van der Waals surface area (Å²) >= 11 is 1.13. The van der Waals surface area contributed by atoms with Crippen LogP contribution in [0.1, 0.15) is 23.9 Å². The molecule has 0 fully saturated rings. The molecule has 29 heavy (non-hydrogen) atoms. The molecule has 0 amide bonds. The SMILES string of the molecule is CCSc1cc(C(F)(F)F)cnc1-c1nc(C)n(-c2cc(C(F)(F)F)ccn2)n1. The molecule has 0 aliphatic rings. The molecular formula is C17H13F6N5S. The van der Waals surface area contributed by atoms with Gasteiger partial charge in [0.25, 0.3) is 0 Å². The van der Waals surface area contributed by atoms with Gasteiger partial charge in [-0.3, -0.25) is 4.98 Å². The fraction of sp³-hybridized carbons (Fsp3) is 0.294. The monoisotopic (exact) mass is 433 g/mol. The lowest BCUT2D eigenvalue weighted by atomic mass is 10.2. The van der Waals surface area contributed by atoms with Gasteiger partial charge in [-0.25, -0.2) is 9.97 Å². The molecule has 0 aliphatic heterocycles. The van der Waals surface area contributed by atoms with E-state index in [1.54, 1.807) is 6.92 Å². The zero-order valence-corrected chi connectivity index (χ0v) is 15.8. The second-order valence-electron chi connectivity index (χ2n) is 5.80. The Morgan fingerprint density at radius 2 is 1.69 bits per heavy atom. The van der Waals surface area contributed by atoms with E-state index in [0.29, 0.717) is 11.9 Å². The van der Waals surface area contributed by atoms with Crippen molar-refractivity contribution >= 4 is 11.8 Å². The normalized spacial score (nSPS) is 12.4. The fourth-order valence-electron chi connectivity index (χ4n) is 2.45. The minimum atomic E-state index is -4.56. The summed E-state index contributed by atoms with van der Waals surface area (Å²) in [7, 11) is 0. The summed E-state index contributed by atoms with van der Waals surface area (Å²) in [6.07, 6.45) is -7.45. The van der Waals surface area contributed by atoms with Crippen LogP contribution in [-0.2, 0) is 12.4 Å². The zero-order valence-electron chi connectivity index (χ0n) is 15.0. The maximum absolute atomic E-state index is 13.0. The maximum atomic E-state index is 13.0. The van der Waals surface area contributed by atoms with E-state index < -0.39 is 23.5 Å². The number of hydrogen-bond donors (Lipinski definition) is 0.